The second kappa shape index (κ2) is 8.68. The Balaban J connectivity index is 1.74. The number of benzene rings is 1. The highest BCUT2D eigenvalue weighted by Gasteiger charge is 2.26. The van der Waals surface area contributed by atoms with E-state index in [1.165, 1.54) is 7.11 Å². The van der Waals surface area contributed by atoms with Gasteiger partial charge in [-0.1, -0.05) is 12.1 Å². The molecule has 158 valence electrons. The molecule has 0 aliphatic carbocycles. The molecule has 0 radical (unpaired) electrons. The quantitative estimate of drug-likeness (QED) is 0.613. The van der Waals surface area contributed by atoms with Crippen molar-refractivity contribution in [2.24, 2.45) is 0 Å². The predicted molar refractivity (Wildman–Crippen MR) is 109 cm³/mol. The molecule has 0 bridgehead atoms. The zero-order valence-electron chi connectivity index (χ0n) is 17.0. The monoisotopic (exact) mass is 412 g/mol. The van der Waals surface area contributed by atoms with Crippen LogP contribution in [0.5, 0.6) is 5.75 Å². The van der Waals surface area contributed by atoms with E-state index in [0.717, 1.165) is 24.4 Å². The summed E-state index contributed by atoms with van der Waals surface area (Å²) >= 11 is 0. The first kappa shape index (κ1) is 20.1. The molecule has 1 aromatic rings. The molecule has 0 unspecified atom stereocenters. The fourth-order valence-electron chi connectivity index (χ4n) is 3.80. The number of rotatable bonds is 6. The maximum absolute atomic E-state index is 12.3. The van der Waals surface area contributed by atoms with E-state index in [4.69, 9.17) is 14.2 Å². The van der Waals surface area contributed by atoms with Crippen LogP contribution in [0.4, 0.5) is 0 Å². The topological polar surface area (TPSA) is 98.7 Å². The molecular formula is C21H24N4O5. The minimum atomic E-state index is -0.534. The summed E-state index contributed by atoms with van der Waals surface area (Å²) in [6.45, 7) is 3.45. The summed E-state index contributed by atoms with van der Waals surface area (Å²) in [5, 5.41) is 6.40. The Labute approximate surface area is 173 Å². The predicted octanol–water partition coefficient (Wildman–Crippen LogP) is 1.54. The normalized spacial score (nSPS) is 15.8. The second-order valence-corrected chi connectivity index (χ2v) is 7.11. The van der Waals surface area contributed by atoms with Crippen molar-refractivity contribution in [3.05, 3.63) is 58.1 Å². The van der Waals surface area contributed by atoms with Crippen molar-refractivity contribution in [2.75, 3.05) is 40.5 Å². The molecule has 0 amide bonds. The van der Waals surface area contributed by atoms with Crippen molar-refractivity contribution >= 4 is 5.97 Å². The van der Waals surface area contributed by atoms with E-state index in [0.29, 0.717) is 31.0 Å². The van der Waals surface area contributed by atoms with E-state index in [9.17, 15) is 9.59 Å². The molecule has 1 N–H and O–H groups in total. The van der Waals surface area contributed by atoms with Crippen molar-refractivity contribution in [1.82, 2.24) is 19.7 Å². The summed E-state index contributed by atoms with van der Waals surface area (Å²) < 4.78 is 17.5. The summed E-state index contributed by atoms with van der Waals surface area (Å²) in [6, 6.07) is 7.96. The Bertz CT molecular complexity index is 1040. The van der Waals surface area contributed by atoms with Gasteiger partial charge < -0.3 is 18.8 Å². The van der Waals surface area contributed by atoms with Gasteiger partial charge in [-0.15, -0.1) is 0 Å². The number of hydrogen-bond donors (Lipinski definition) is 1. The highest BCUT2D eigenvalue weighted by Crippen LogP contribution is 2.28. The van der Waals surface area contributed by atoms with Crippen molar-refractivity contribution in [2.45, 2.75) is 12.6 Å². The molecule has 3 aliphatic heterocycles. The van der Waals surface area contributed by atoms with Crippen molar-refractivity contribution in [1.29, 1.82) is 0 Å². The lowest BCUT2D eigenvalue weighted by molar-refractivity contribution is 0.0122. The molecule has 9 heteroatoms. The summed E-state index contributed by atoms with van der Waals surface area (Å²) in [5.41, 5.74) is 1.70. The molecule has 1 atom stereocenters. The molecule has 0 saturated carbocycles. The van der Waals surface area contributed by atoms with Gasteiger partial charge in [0.2, 0.25) is 0 Å². The Morgan fingerprint density at radius 2 is 1.93 bits per heavy atom. The second-order valence-electron chi connectivity index (χ2n) is 7.11. The lowest BCUT2D eigenvalue weighted by Gasteiger charge is -2.35. The fraction of sp³-hybridized carbons (Fsp3) is 0.381. The van der Waals surface area contributed by atoms with Crippen LogP contribution in [0.25, 0.3) is 11.3 Å². The third-order valence-corrected chi connectivity index (χ3v) is 5.39. The summed E-state index contributed by atoms with van der Waals surface area (Å²) in [5.74, 6) is 0.254. The molecule has 1 fully saturated rings. The molecular weight excluding hydrogens is 388 g/mol. The Morgan fingerprint density at radius 3 is 2.60 bits per heavy atom. The van der Waals surface area contributed by atoms with E-state index in [-0.39, 0.29) is 17.2 Å². The van der Waals surface area contributed by atoms with E-state index in [1.807, 2.05) is 28.8 Å². The third-order valence-electron chi connectivity index (χ3n) is 5.39. The van der Waals surface area contributed by atoms with Crippen LogP contribution in [0.15, 0.2) is 41.5 Å². The molecule has 3 aliphatic rings. The number of aromatic nitrogens is 3. The van der Waals surface area contributed by atoms with Crippen LogP contribution in [0.2, 0.25) is 0 Å². The smallest absolute Gasteiger partial charge is 0.341 e. The van der Waals surface area contributed by atoms with Crippen LogP contribution >= 0.6 is 0 Å². The van der Waals surface area contributed by atoms with Crippen molar-refractivity contribution < 1.29 is 19.0 Å². The molecule has 1 aromatic carbocycles. The summed E-state index contributed by atoms with van der Waals surface area (Å²) in [4.78, 5) is 26.8. The van der Waals surface area contributed by atoms with E-state index < -0.39 is 5.97 Å². The maximum atomic E-state index is 12.3. The van der Waals surface area contributed by atoms with E-state index in [2.05, 4.69) is 15.1 Å². The van der Waals surface area contributed by atoms with Gasteiger partial charge in [-0.05, 0) is 17.7 Å². The number of aromatic amines is 1. The number of fused-ring (bicyclic) bond motifs is 1. The van der Waals surface area contributed by atoms with Gasteiger partial charge in [-0.3, -0.25) is 9.69 Å². The van der Waals surface area contributed by atoms with Gasteiger partial charge >= 0.3 is 5.97 Å². The largest absolute Gasteiger partial charge is 0.497 e. The lowest BCUT2D eigenvalue weighted by atomic mass is 10.0. The lowest BCUT2D eigenvalue weighted by Crippen LogP contribution is -2.40. The van der Waals surface area contributed by atoms with Crippen LogP contribution in [0.1, 0.15) is 22.0 Å². The number of nitrogens with one attached hydrogen (secondary N) is 1. The number of esters is 1. The number of hydrogen-bond acceptors (Lipinski definition) is 7. The highest BCUT2D eigenvalue weighted by atomic mass is 16.5. The first-order chi connectivity index (χ1) is 14.6. The van der Waals surface area contributed by atoms with Gasteiger partial charge in [-0.25, -0.2) is 9.89 Å². The standard InChI is InChI=1S/C21H24N4O5/c1-28-15-5-3-14(4-6-15)18(25-7-9-30-10-8-25)13-24-11-16-19(22-23-20(16)26)17(12-24)21(27)29-2/h3-6,11-12,18H,7-10,13H2,1-2H3,(H,23,26)/t18-/m1/s1. The average molecular weight is 412 g/mol. The Hall–Kier alpha value is -3.17. The molecule has 1 saturated heterocycles. The first-order valence-corrected chi connectivity index (χ1v) is 9.73. The molecule has 9 nitrogen and oxygen atoms in total. The van der Waals surface area contributed by atoms with Crippen LogP contribution in [-0.2, 0) is 16.0 Å². The molecule has 4 rings (SSSR count). The number of methoxy groups -OCH3 is 2. The van der Waals surface area contributed by atoms with Gasteiger partial charge in [-0.2, -0.15) is 5.10 Å². The number of nitrogens with zero attached hydrogens (tertiary/aromatic N) is 3. The molecule has 30 heavy (non-hydrogen) atoms. The Kier molecular flexibility index (Phi) is 5.82. The molecule has 3 heterocycles. The number of H-pyrrole nitrogens is 1. The van der Waals surface area contributed by atoms with Gasteiger partial charge in [0.1, 0.15) is 17.0 Å². The zero-order valence-corrected chi connectivity index (χ0v) is 17.0. The number of carbonyl (C=O) groups is 1. The number of morpholine rings is 1. The Morgan fingerprint density at radius 1 is 1.20 bits per heavy atom. The number of pyridine rings is 1. The zero-order chi connectivity index (χ0) is 21.1. The molecule has 0 aromatic heterocycles. The van der Waals surface area contributed by atoms with Crippen LogP contribution < -0.4 is 10.3 Å². The van der Waals surface area contributed by atoms with Crippen molar-refractivity contribution in [3.63, 3.8) is 0 Å². The van der Waals surface area contributed by atoms with E-state index >= 15 is 0 Å². The maximum Gasteiger partial charge on any atom is 0.341 e. The SMILES string of the molecule is COC(=O)c1cn(C[C@H](c2ccc(OC)cc2)N2CCOCC2)cc2c(=O)[nH]nc1-2. The molecule has 0 spiro atoms. The van der Waals surface area contributed by atoms with Crippen molar-refractivity contribution in [3.8, 4) is 17.0 Å². The first-order valence-electron chi connectivity index (χ1n) is 9.73. The fourth-order valence-corrected chi connectivity index (χ4v) is 3.80. The third kappa shape index (κ3) is 3.94. The minimum Gasteiger partial charge on any atom is -0.497 e. The highest BCUT2D eigenvalue weighted by molar-refractivity contribution is 5.95. The number of ether oxygens (including phenoxy) is 3. The van der Waals surface area contributed by atoms with Gasteiger partial charge in [0.05, 0.1) is 39.0 Å². The van der Waals surface area contributed by atoms with Crippen LogP contribution in [-0.4, -0.2) is 66.2 Å². The summed E-state index contributed by atoms with van der Waals surface area (Å²) in [6.07, 6.45) is 3.41. The van der Waals surface area contributed by atoms with Crippen LogP contribution in [0, 0.1) is 0 Å². The average Bonchev–Trinajstić information content (AvgIpc) is 3.17. The van der Waals surface area contributed by atoms with Crippen LogP contribution in [0.3, 0.4) is 0 Å². The number of carbonyl (C=O) groups excluding carboxylic acids is 1. The van der Waals surface area contributed by atoms with Gasteiger partial charge in [0.15, 0.2) is 0 Å². The minimum absolute atomic E-state index is 0.0229. The van der Waals surface area contributed by atoms with Gasteiger partial charge in [0.25, 0.3) is 5.56 Å². The van der Waals surface area contributed by atoms with Gasteiger partial charge in [0, 0.05) is 32.0 Å². The summed E-state index contributed by atoms with van der Waals surface area (Å²) in [7, 11) is 2.95. The van der Waals surface area contributed by atoms with E-state index in [1.54, 1.807) is 19.5 Å².